The Morgan fingerprint density at radius 1 is 0.650 bits per heavy atom. The first-order valence-electron chi connectivity index (χ1n) is 6.49. The van der Waals surface area contributed by atoms with E-state index in [9.17, 15) is 0 Å². The number of nitrogens with zero attached hydrogens (tertiary/aromatic N) is 1. The Labute approximate surface area is 127 Å². The van der Waals surface area contributed by atoms with E-state index in [4.69, 9.17) is 4.98 Å². The van der Waals surface area contributed by atoms with Crippen molar-refractivity contribution in [1.82, 2.24) is 4.98 Å². The molecule has 0 N–H and O–H groups in total. The van der Waals surface area contributed by atoms with E-state index in [-0.39, 0.29) is 0 Å². The fourth-order valence-corrected chi connectivity index (χ4v) is 7.93. The van der Waals surface area contributed by atoms with Crippen molar-refractivity contribution in [1.29, 1.82) is 0 Å². The number of hydrogen-bond donors (Lipinski definition) is 0. The van der Waals surface area contributed by atoms with E-state index in [1.165, 1.54) is 38.7 Å². The first-order valence-corrected chi connectivity index (χ1v) is 9.92. The van der Waals surface area contributed by atoms with E-state index < -0.39 is 0 Å². The van der Waals surface area contributed by atoms with Crippen LogP contribution < -0.4 is 0 Å². The molecule has 0 unspecified atom stereocenters. The first-order chi connectivity index (χ1) is 9.92. The molecule has 20 heavy (non-hydrogen) atoms. The average Bonchev–Trinajstić information content (AvgIpc) is 2.79. The number of fused-ring (bicyclic) bond motifs is 2. The molecule has 0 atom stereocenters. The van der Waals surface area contributed by atoms with Gasteiger partial charge >= 0.3 is 127 Å². The van der Waals surface area contributed by atoms with Gasteiger partial charge in [-0.05, 0) is 0 Å². The molecule has 0 spiro atoms. The van der Waals surface area contributed by atoms with E-state index in [1.807, 2.05) is 6.20 Å². The molecule has 3 aromatic heterocycles. The monoisotopic (exact) mass is 387 g/mol. The maximum atomic E-state index is 4.73. The standard InChI is InChI=1S/C17H9NSe2/c1-2-5-11-10(4-1)17-16-14(8-9-18-17)20-13-7-3-6-12(19-11)15(13)16/h1-9H. The van der Waals surface area contributed by atoms with Gasteiger partial charge in [0.2, 0.25) is 0 Å². The molecule has 5 rings (SSSR count). The van der Waals surface area contributed by atoms with E-state index in [1.54, 1.807) is 0 Å². The maximum absolute atomic E-state index is 4.73. The molecule has 3 heteroatoms. The van der Waals surface area contributed by atoms with Crippen LogP contribution in [0.2, 0.25) is 0 Å². The fourth-order valence-electron chi connectivity index (χ4n) is 2.89. The quantitative estimate of drug-likeness (QED) is 0.370. The summed E-state index contributed by atoms with van der Waals surface area (Å²) in [6.07, 6.45) is 1.98. The molecule has 0 aliphatic heterocycles. The molecule has 0 saturated heterocycles. The topological polar surface area (TPSA) is 12.9 Å². The summed E-state index contributed by atoms with van der Waals surface area (Å²) in [6.45, 7) is 0. The molecule has 0 aliphatic rings. The van der Waals surface area contributed by atoms with E-state index >= 15 is 0 Å². The predicted molar refractivity (Wildman–Crippen MR) is 88.1 cm³/mol. The molecule has 0 bridgehead atoms. The first kappa shape index (κ1) is 11.3. The molecule has 5 aromatic rings. The van der Waals surface area contributed by atoms with Gasteiger partial charge in [-0.3, -0.25) is 0 Å². The third-order valence-electron chi connectivity index (χ3n) is 3.73. The van der Waals surface area contributed by atoms with Crippen molar-refractivity contribution in [3.05, 3.63) is 54.7 Å². The second-order valence-electron chi connectivity index (χ2n) is 4.86. The predicted octanol–water partition coefficient (Wildman–Crippen LogP) is 3.81. The van der Waals surface area contributed by atoms with E-state index in [0.717, 1.165) is 0 Å². The Balaban J connectivity index is 2.32. The summed E-state index contributed by atoms with van der Waals surface area (Å²) in [5.74, 6) is 0. The minimum absolute atomic E-state index is 0.375. The van der Waals surface area contributed by atoms with Crippen LogP contribution in [0.1, 0.15) is 0 Å². The molecule has 0 amide bonds. The Bertz CT molecular complexity index is 1100. The number of pyridine rings is 1. The van der Waals surface area contributed by atoms with Crippen LogP contribution in [0, 0.1) is 0 Å². The third-order valence-corrected chi connectivity index (χ3v) is 8.47. The molecular weight excluding hydrogens is 376 g/mol. The number of aromatic nitrogens is 1. The summed E-state index contributed by atoms with van der Waals surface area (Å²) in [7, 11) is 0. The van der Waals surface area contributed by atoms with Gasteiger partial charge in [-0.25, -0.2) is 0 Å². The van der Waals surface area contributed by atoms with Crippen LogP contribution in [0.5, 0.6) is 0 Å². The van der Waals surface area contributed by atoms with Gasteiger partial charge in [-0.1, -0.05) is 0 Å². The second kappa shape index (κ2) is 4.07. The molecule has 2 aromatic carbocycles. The Hall–Kier alpha value is -1.37. The van der Waals surface area contributed by atoms with Crippen molar-refractivity contribution in [3.8, 4) is 0 Å². The summed E-state index contributed by atoms with van der Waals surface area (Å²) in [5, 5.41) is 4.26. The zero-order valence-corrected chi connectivity index (χ0v) is 13.9. The SMILES string of the molecule is c1ccc2c(c1)[se]c1cccc3[se]c4ccnc2c4c13. The van der Waals surface area contributed by atoms with Crippen LogP contribution in [-0.4, -0.2) is 34.0 Å². The van der Waals surface area contributed by atoms with Gasteiger partial charge in [0.15, 0.2) is 0 Å². The van der Waals surface area contributed by atoms with Crippen molar-refractivity contribution in [2.24, 2.45) is 0 Å². The Kier molecular flexibility index (Phi) is 2.30. The molecule has 0 saturated carbocycles. The zero-order valence-electron chi connectivity index (χ0n) is 10.5. The summed E-state index contributed by atoms with van der Waals surface area (Å²) in [6, 6.07) is 17.8. The summed E-state index contributed by atoms with van der Waals surface area (Å²) in [5.41, 5.74) is 1.20. The van der Waals surface area contributed by atoms with Crippen LogP contribution in [0.3, 0.4) is 0 Å². The third kappa shape index (κ3) is 1.41. The Morgan fingerprint density at radius 2 is 1.35 bits per heavy atom. The molecule has 3 heterocycles. The van der Waals surface area contributed by atoms with Gasteiger partial charge in [0.25, 0.3) is 0 Å². The van der Waals surface area contributed by atoms with E-state index in [2.05, 4.69) is 48.5 Å². The van der Waals surface area contributed by atoms with Crippen LogP contribution >= 0.6 is 0 Å². The molecule has 0 radical (unpaired) electrons. The Morgan fingerprint density at radius 3 is 2.25 bits per heavy atom. The summed E-state index contributed by atoms with van der Waals surface area (Å²) >= 11 is 0.820. The zero-order chi connectivity index (χ0) is 13.1. The molecule has 0 aliphatic carbocycles. The van der Waals surface area contributed by atoms with Gasteiger partial charge in [0, 0.05) is 0 Å². The van der Waals surface area contributed by atoms with Crippen LogP contribution in [0.4, 0.5) is 0 Å². The number of benzene rings is 2. The normalized spacial score (nSPS) is 12.0. The van der Waals surface area contributed by atoms with Crippen LogP contribution in [0.15, 0.2) is 54.7 Å². The summed E-state index contributed by atoms with van der Waals surface area (Å²) < 4.78 is 6.01. The van der Waals surface area contributed by atoms with Crippen molar-refractivity contribution < 1.29 is 0 Å². The summed E-state index contributed by atoms with van der Waals surface area (Å²) in [4.78, 5) is 4.73. The van der Waals surface area contributed by atoms with Gasteiger partial charge in [0.05, 0.1) is 0 Å². The van der Waals surface area contributed by atoms with Gasteiger partial charge in [-0.15, -0.1) is 0 Å². The van der Waals surface area contributed by atoms with Crippen molar-refractivity contribution in [2.45, 2.75) is 0 Å². The van der Waals surface area contributed by atoms with Crippen molar-refractivity contribution in [3.63, 3.8) is 0 Å². The average molecular weight is 385 g/mol. The second-order valence-corrected chi connectivity index (χ2v) is 9.41. The molecule has 1 nitrogen and oxygen atoms in total. The minimum atomic E-state index is 0.375. The van der Waals surface area contributed by atoms with Crippen LogP contribution in [-0.2, 0) is 0 Å². The van der Waals surface area contributed by atoms with Gasteiger partial charge in [-0.2, -0.15) is 0 Å². The van der Waals surface area contributed by atoms with E-state index in [0.29, 0.717) is 29.0 Å². The van der Waals surface area contributed by atoms with Gasteiger partial charge < -0.3 is 0 Å². The van der Waals surface area contributed by atoms with Crippen molar-refractivity contribution in [2.75, 3.05) is 0 Å². The molecule has 0 fully saturated rings. The fraction of sp³-hybridized carbons (Fsp3) is 0. The van der Waals surface area contributed by atoms with Crippen molar-refractivity contribution >= 4 is 67.7 Å². The molecule has 94 valence electrons. The van der Waals surface area contributed by atoms with Crippen LogP contribution in [0.25, 0.3) is 38.7 Å². The number of rotatable bonds is 0. The molecular formula is C17H9NSe2. The van der Waals surface area contributed by atoms with Gasteiger partial charge in [0.1, 0.15) is 0 Å². The number of hydrogen-bond acceptors (Lipinski definition) is 1.